The minimum atomic E-state index is -0.675. The Morgan fingerprint density at radius 1 is 1.15 bits per heavy atom. The molecule has 0 unspecified atom stereocenters. The maximum Gasteiger partial charge on any atom is 0.199 e. The van der Waals surface area contributed by atoms with Gasteiger partial charge in [0.05, 0.1) is 6.61 Å². The number of ether oxygens (including phenoxy) is 5. The van der Waals surface area contributed by atoms with Crippen molar-refractivity contribution < 1.29 is 23.7 Å². The second-order valence-electron chi connectivity index (χ2n) is 2.81. The molecule has 0 atom stereocenters. The molecule has 5 nitrogen and oxygen atoms in total. The molecule has 1 heterocycles. The molecule has 0 bridgehead atoms. The van der Waals surface area contributed by atoms with Crippen molar-refractivity contribution in [1.82, 2.24) is 0 Å². The van der Waals surface area contributed by atoms with E-state index in [1.165, 1.54) is 0 Å². The number of hydrogen-bond acceptors (Lipinski definition) is 5. The number of rotatable bonds is 6. The molecule has 0 aliphatic carbocycles. The molecule has 1 rings (SSSR count). The van der Waals surface area contributed by atoms with E-state index >= 15 is 0 Å². The lowest BCUT2D eigenvalue weighted by Crippen LogP contribution is -2.37. The van der Waals surface area contributed by atoms with E-state index in [0.717, 1.165) is 0 Å². The Morgan fingerprint density at radius 3 is 2.15 bits per heavy atom. The van der Waals surface area contributed by atoms with Crippen molar-refractivity contribution in [2.75, 3.05) is 41.0 Å². The summed E-state index contributed by atoms with van der Waals surface area (Å²) in [5, 5.41) is 0. The highest BCUT2D eigenvalue weighted by atomic mass is 16.8. The quantitative estimate of drug-likeness (QED) is 0.568. The van der Waals surface area contributed by atoms with Crippen LogP contribution in [0.1, 0.15) is 6.42 Å². The Morgan fingerprint density at radius 2 is 1.77 bits per heavy atom. The molecule has 0 aromatic rings. The van der Waals surface area contributed by atoms with E-state index in [1.54, 1.807) is 14.2 Å². The molecule has 1 aliphatic heterocycles. The zero-order chi connectivity index (χ0) is 9.57. The first-order valence-corrected chi connectivity index (χ1v) is 4.16. The van der Waals surface area contributed by atoms with E-state index in [4.69, 9.17) is 23.7 Å². The van der Waals surface area contributed by atoms with Crippen molar-refractivity contribution in [1.29, 1.82) is 0 Å². The van der Waals surface area contributed by atoms with Gasteiger partial charge in [-0.25, -0.2) is 0 Å². The first-order chi connectivity index (χ1) is 6.33. The Labute approximate surface area is 77.9 Å². The van der Waals surface area contributed by atoms with Gasteiger partial charge in [0.2, 0.25) is 0 Å². The van der Waals surface area contributed by atoms with Crippen molar-refractivity contribution in [3.05, 3.63) is 0 Å². The Hall–Kier alpha value is -0.200. The highest BCUT2D eigenvalue weighted by molar-refractivity contribution is 4.74. The first kappa shape index (κ1) is 10.9. The van der Waals surface area contributed by atoms with Gasteiger partial charge < -0.3 is 23.7 Å². The van der Waals surface area contributed by atoms with E-state index in [1.807, 2.05) is 0 Å². The molecular formula is C8H16O5. The van der Waals surface area contributed by atoms with Crippen molar-refractivity contribution in [2.45, 2.75) is 12.2 Å². The molecule has 0 N–H and O–H groups in total. The van der Waals surface area contributed by atoms with E-state index < -0.39 is 5.79 Å². The van der Waals surface area contributed by atoms with Gasteiger partial charge >= 0.3 is 0 Å². The molecule has 13 heavy (non-hydrogen) atoms. The van der Waals surface area contributed by atoms with Gasteiger partial charge in [-0.2, -0.15) is 0 Å². The summed E-state index contributed by atoms with van der Waals surface area (Å²) in [6, 6.07) is 0. The maximum atomic E-state index is 5.39. The van der Waals surface area contributed by atoms with Crippen molar-refractivity contribution >= 4 is 0 Å². The standard InChI is InChI=1S/C8H16O5/c1-9-6-12-8(13-7-10-2)3-4-11-5-8/h3-7H2,1-2H3. The van der Waals surface area contributed by atoms with Crippen LogP contribution in [0.25, 0.3) is 0 Å². The van der Waals surface area contributed by atoms with Crippen molar-refractivity contribution in [3.8, 4) is 0 Å². The maximum absolute atomic E-state index is 5.39. The third-order valence-corrected chi connectivity index (χ3v) is 1.83. The zero-order valence-corrected chi connectivity index (χ0v) is 8.08. The van der Waals surface area contributed by atoms with Gasteiger partial charge in [-0.05, 0) is 0 Å². The smallest absolute Gasteiger partial charge is 0.199 e. The monoisotopic (exact) mass is 192 g/mol. The summed E-state index contributed by atoms with van der Waals surface area (Å²) in [4.78, 5) is 0. The SMILES string of the molecule is COCOC1(OCOC)CCOC1. The van der Waals surface area contributed by atoms with E-state index in [0.29, 0.717) is 19.6 Å². The normalized spacial score (nSPS) is 20.8. The van der Waals surface area contributed by atoms with Gasteiger partial charge in [-0.1, -0.05) is 0 Å². The molecule has 0 aromatic heterocycles. The predicted molar refractivity (Wildman–Crippen MR) is 44.1 cm³/mol. The lowest BCUT2D eigenvalue weighted by Gasteiger charge is -2.26. The molecule has 1 fully saturated rings. The van der Waals surface area contributed by atoms with Gasteiger partial charge in [-0.3, -0.25) is 0 Å². The summed E-state index contributed by atoms with van der Waals surface area (Å²) >= 11 is 0. The van der Waals surface area contributed by atoms with Crippen LogP contribution in [0, 0.1) is 0 Å². The Bertz CT molecular complexity index is 122. The van der Waals surface area contributed by atoms with Crippen LogP contribution in [0.2, 0.25) is 0 Å². The first-order valence-electron chi connectivity index (χ1n) is 4.16. The molecule has 0 amide bonds. The minimum absolute atomic E-state index is 0.201. The fourth-order valence-electron chi connectivity index (χ4n) is 1.13. The molecule has 0 saturated carbocycles. The van der Waals surface area contributed by atoms with Crippen LogP contribution in [0.3, 0.4) is 0 Å². The summed E-state index contributed by atoms with van der Waals surface area (Å²) in [7, 11) is 3.14. The predicted octanol–water partition coefficient (Wildman–Crippen LogP) is 0.344. The molecular weight excluding hydrogens is 176 g/mol. The second kappa shape index (κ2) is 5.51. The van der Waals surface area contributed by atoms with E-state index in [2.05, 4.69) is 0 Å². The number of hydrogen-bond donors (Lipinski definition) is 0. The van der Waals surface area contributed by atoms with Gasteiger partial charge in [0.25, 0.3) is 0 Å². The average molecular weight is 192 g/mol. The second-order valence-corrected chi connectivity index (χ2v) is 2.81. The van der Waals surface area contributed by atoms with Crippen LogP contribution >= 0.6 is 0 Å². The molecule has 1 aliphatic rings. The zero-order valence-electron chi connectivity index (χ0n) is 8.08. The summed E-state index contributed by atoms with van der Waals surface area (Å²) in [6.45, 7) is 1.48. The molecule has 1 saturated heterocycles. The average Bonchev–Trinajstić information content (AvgIpc) is 2.61. The highest BCUT2D eigenvalue weighted by Crippen LogP contribution is 2.24. The topological polar surface area (TPSA) is 46.2 Å². The van der Waals surface area contributed by atoms with E-state index in [9.17, 15) is 0 Å². The third-order valence-electron chi connectivity index (χ3n) is 1.83. The summed E-state index contributed by atoms with van der Waals surface area (Å²) in [5.41, 5.74) is 0. The summed E-state index contributed by atoms with van der Waals surface area (Å²) in [6.07, 6.45) is 0.708. The lowest BCUT2D eigenvalue weighted by molar-refractivity contribution is -0.289. The van der Waals surface area contributed by atoms with Gasteiger partial charge in [0.1, 0.15) is 20.2 Å². The molecule has 5 heteroatoms. The van der Waals surface area contributed by atoms with Crippen LogP contribution in [0.5, 0.6) is 0 Å². The fourth-order valence-corrected chi connectivity index (χ4v) is 1.13. The molecule has 0 spiro atoms. The lowest BCUT2D eigenvalue weighted by atomic mass is 10.2. The third kappa shape index (κ3) is 3.21. The van der Waals surface area contributed by atoms with Crippen LogP contribution in [0.15, 0.2) is 0 Å². The van der Waals surface area contributed by atoms with Crippen molar-refractivity contribution in [3.63, 3.8) is 0 Å². The van der Waals surface area contributed by atoms with Crippen LogP contribution in [-0.4, -0.2) is 46.8 Å². The van der Waals surface area contributed by atoms with Crippen LogP contribution in [0.4, 0.5) is 0 Å². The molecule has 0 radical (unpaired) electrons. The van der Waals surface area contributed by atoms with Gasteiger partial charge in [0, 0.05) is 20.6 Å². The molecule has 0 aromatic carbocycles. The minimum Gasteiger partial charge on any atom is -0.376 e. The Kier molecular flexibility index (Phi) is 4.61. The summed E-state index contributed by atoms with van der Waals surface area (Å²) in [5.74, 6) is -0.675. The van der Waals surface area contributed by atoms with Crippen LogP contribution in [-0.2, 0) is 23.7 Å². The Balaban J connectivity index is 2.33. The number of methoxy groups -OCH3 is 2. The molecule has 78 valence electrons. The van der Waals surface area contributed by atoms with Gasteiger partial charge in [0.15, 0.2) is 5.79 Å². The van der Waals surface area contributed by atoms with Gasteiger partial charge in [-0.15, -0.1) is 0 Å². The summed E-state index contributed by atoms with van der Waals surface area (Å²) < 4.78 is 25.6. The van der Waals surface area contributed by atoms with E-state index in [-0.39, 0.29) is 13.6 Å². The largest absolute Gasteiger partial charge is 0.376 e. The highest BCUT2D eigenvalue weighted by Gasteiger charge is 2.37. The fraction of sp³-hybridized carbons (Fsp3) is 1.00. The van der Waals surface area contributed by atoms with Crippen LogP contribution < -0.4 is 0 Å². The van der Waals surface area contributed by atoms with Crippen molar-refractivity contribution in [2.24, 2.45) is 0 Å².